The summed E-state index contributed by atoms with van der Waals surface area (Å²) in [5, 5.41) is 9.16. The maximum absolute atomic E-state index is 11.3. The third-order valence-corrected chi connectivity index (χ3v) is 3.01. The van der Waals surface area contributed by atoms with Crippen molar-refractivity contribution in [2.75, 3.05) is 7.11 Å². The molecule has 0 saturated carbocycles. The fraction of sp³-hybridized carbons (Fsp3) is 0.176. The molecule has 0 aliphatic carbocycles. The minimum absolute atomic E-state index is 0.0817. The van der Waals surface area contributed by atoms with E-state index in [1.54, 1.807) is 18.2 Å². The number of hydrogen-bond donors (Lipinski definition) is 0. The first kappa shape index (κ1) is 14.6. The topological polar surface area (TPSA) is 59.3 Å². The molecule has 0 atom stereocenters. The van der Waals surface area contributed by atoms with Crippen molar-refractivity contribution < 1.29 is 14.3 Å². The summed E-state index contributed by atoms with van der Waals surface area (Å²) in [6, 6.07) is 17.0. The number of ether oxygens (including phenoxy) is 2. The normalized spacial score (nSPS) is 9.71. The van der Waals surface area contributed by atoms with Gasteiger partial charge in [0.25, 0.3) is 0 Å². The van der Waals surface area contributed by atoms with E-state index in [0.29, 0.717) is 23.5 Å². The predicted octanol–water partition coefficient (Wildman–Crippen LogP) is 2.85. The third-order valence-electron chi connectivity index (χ3n) is 3.01. The Morgan fingerprint density at radius 3 is 2.62 bits per heavy atom. The number of rotatable bonds is 5. The molecule has 4 nitrogen and oxygen atoms in total. The molecule has 4 heteroatoms. The smallest absolute Gasteiger partial charge is 0.310 e. The number of esters is 1. The maximum atomic E-state index is 11.3. The van der Waals surface area contributed by atoms with Crippen LogP contribution in [0, 0.1) is 11.3 Å². The Labute approximate surface area is 123 Å². The van der Waals surface area contributed by atoms with Crippen molar-refractivity contribution in [3.05, 3.63) is 65.2 Å². The Balaban J connectivity index is 2.08. The van der Waals surface area contributed by atoms with Gasteiger partial charge in [-0.2, -0.15) is 5.26 Å². The van der Waals surface area contributed by atoms with Crippen LogP contribution in [0.3, 0.4) is 0 Å². The Kier molecular flexibility index (Phi) is 4.94. The molecule has 0 aliphatic heterocycles. The molecule has 2 aromatic carbocycles. The Hall–Kier alpha value is -2.80. The SMILES string of the molecule is COC(=O)Cc1ccc(OCc2ccccc2)cc1C#N. The van der Waals surface area contributed by atoms with Crippen LogP contribution in [0.2, 0.25) is 0 Å². The molecule has 2 aromatic rings. The van der Waals surface area contributed by atoms with Crippen LogP contribution in [0.5, 0.6) is 5.75 Å². The van der Waals surface area contributed by atoms with Crippen molar-refractivity contribution >= 4 is 5.97 Å². The van der Waals surface area contributed by atoms with Gasteiger partial charge in [-0.3, -0.25) is 4.79 Å². The minimum Gasteiger partial charge on any atom is -0.489 e. The van der Waals surface area contributed by atoms with Gasteiger partial charge in [0, 0.05) is 0 Å². The molecule has 0 fully saturated rings. The van der Waals surface area contributed by atoms with Gasteiger partial charge in [0.05, 0.1) is 25.2 Å². The molecule has 0 radical (unpaired) electrons. The first-order valence-corrected chi connectivity index (χ1v) is 6.49. The lowest BCUT2D eigenvalue weighted by molar-refractivity contribution is -0.139. The van der Waals surface area contributed by atoms with Crippen LogP contribution >= 0.6 is 0 Å². The van der Waals surface area contributed by atoms with Crippen LogP contribution in [0.4, 0.5) is 0 Å². The summed E-state index contributed by atoms with van der Waals surface area (Å²) in [6.45, 7) is 0.433. The summed E-state index contributed by atoms with van der Waals surface area (Å²) >= 11 is 0. The highest BCUT2D eigenvalue weighted by Crippen LogP contribution is 2.19. The molecule has 0 aliphatic rings. The second kappa shape index (κ2) is 7.11. The minimum atomic E-state index is -0.371. The highest BCUT2D eigenvalue weighted by atomic mass is 16.5. The van der Waals surface area contributed by atoms with E-state index in [1.807, 2.05) is 30.3 Å². The van der Waals surface area contributed by atoms with Crippen LogP contribution in [0.1, 0.15) is 16.7 Å². The zero-order chi connectivity index (χ0) is 15.1. The number of carbonyl (C=O) groups excluding carboxylic acids is 1. The molecule has 0 spiro atoms. The first-order valence-electron chi connectivity index (χ1n) is 6.49. The van der Waals surface area contributed by atoms with Gasteiger partial charge in [-0.1, -0.05) is 36.4 Å². The molecule has 2 rings (SSSR count). The van der Waals surface area contributed by atoms with Gasteiger partial charge in [-0.05, 0) is 23.3 Å². The van der Waals surface area contributed by atoms with Crippen molar-refractivity contribution in [1.29, 1.82) is 5.26 Å². The molecule has 0 N–H and O–H groups in total. The summed E-state index contributed by atoms with van der Waals surface area (Å²) in [6.07, 6.45) is 0.0817. The summed E-state index contributed by atoms with van der Waals surface area (Å²) in [7, 11) is 1.33. The van der Waals surface area contributed by atoms with Crippen molar-refractivity contribution in [3.8, 4) is 11.8 Å². The lowest BCUT2D eigenvalue weighted by Gasteiger charge is -2.09. The summed E-state index contributed by atoms with van der Waals surface area (Å²) < 4.78 is 10.3. The summed E-state index contributed by atoms with van der Waals surface area (Å²) in [5.74, 6) is 0.230. The quantitative estimate of drug-likeness (QED) is 0.791. The second-order valence-corrected chi connectivity index (χ2v) is 4.46. The van der Waals surface area contributed by atoms with Gasteiger partial charge in [0.2, 0.25) is 0 Å². The molecule has 0 bridgehead atoms. The number of benzene rings is 2. The fourth-order valence-electron chi connectivity index (χ4n) is 1.87. The van der Waals surface area contributed by atoms with Gasteiger partial charge in [-0.25, -0.2) is 0 Å². The standard InChI is InChI=1S/C17H15NO3/c1-20-17(19)10-14-7-8-16(9-15(14)11-18)21-12-13-5-3-2-4-6-13/h2-9H,10,12H2,1H3. The zero-order valence-electron chi connectivity index (χ0n) is 11.7. The highest BCUT2D eigenvalue weighted by molar-refractivity contribution is 5.73. The molecule has 21 heavy (non-hydrogen) atoms. The van der Waals surface area contributed by atoms with Crippen molar-refractivity contribution in [2.45, 2.75) is 13.0 Å². The maximum Gasteiger partial charge on any atom is 0.310 e. The monoisotopic (exact) mass is 281 g/mol. The molecule has 0 unspecified atom stereocenters. The number of methoxy groups -OCH3 is 1. The van der Waals surface area contributed by atoms with Gasteiger partial charge < -0.3 is 9.47 Å². The van der Waals surface area contributed by atoms with Gasteiger partial charge in [-0.15, -0.1) is 0 Å². The number of hydrogen-bond acceptors (Lipinski definition) is 4. The number of carbonyl (C=O) groups is 1. The van der Waals surface area contributed by atoms with E-state index in [-0.39, 0.29) is 12.4 Å². The molecule has 0 aromatic heterocycles. The van der Waals surface area contributed by atoms with E-state index in [0.717, 1.165) is 5.56 Å². The van der Waals surface area contributed by atoms with E-state index in [4.69, 9.17) is 10.00 Å². The Bertz CT molecular complexity index is 659. The Morgan fingerprint density at radius 2 is 1.95 bits per heavy atom. The van der Waals surface area contributed by atoms with E-state index in [9.17, 15) is 4.79 Å². The largest absolute Gasteiger partial charge is 0.489 e. The van der Waals surface area contributed by atoms with Gasteiger partial charge in [0.1, 0.15) is 12.4 Å². The van der Waals surface area contributed by atoms with Crippen molar-refractivity contribution in [2.24, 2.45) is 0 Å². The van der Waals surface area contributed by atoms with E-state index in [1.165, 1.54) is 7.11 Å². The van der Waals surface area contributed by atoms with Crippen molar-refractivity contribution in [3.63, 3.8) is 0 Å². The third kappa shape index (κ3) is 4.08. The van der Waals surface area contributed by atoms with Gasteiger partial charge >= 0.3 is 5.97 Å². The molecular weight excluding hydrogens is 266 g/mol. The Morgan fingerprint density at radius 1 is 1.19 bits per heavy atom. The fourth-order valence-corrected chi connectivity index (χ4v) is 1.87. The molecular formula is C17H15NO3. The average Bonchev–Trinajstić information content (AvgIpc) is 2.54. The molecule has 0 saturated heterocycles. The van der Waals surface area contributed by atoms with Crippen LogP contribution in [-0.4, -0.2) is 13.1 Å². The molecule has 106 valence electrons. The second-order valence-electron chi connectivity index (χ2n) is 4.46. The number of nitriles is 1. The number of nitrogens with zero attached hydrogens (tertiary/aromatic N) is 1. The zero-order valence-corrected chi connectivity index (χ0v) is 11.7. The lowest BCUT2D eigenvalue weighted by atomic mass is 10.1. The van der Waals surface area contributed by atoms with Crippen LogP contribution < -0.4 is 4.74 Å². The molecule has 0 amide bonds. The van der Waals surface area contributed by atoms with Crippen LogP contribution in [-0.2, 0) is 22.6 Å². The lowest BCUT2D eigenvalue weighted by Crippen LogP contribution is -2.06. The predicted molar refractivity (Wildman–Crippen MR) is 77.7 cm³/mol. The van der Waals surface area contributed by atoms with Crippen LogP contribution in [0.25, 0.3) is 0 Å². The summed E-state index contributed by atoms with van der Waals surface area (Å²) in [5.41, 5.74) is 2.11. The van der Waals surface area contributed by atoms with E-state index < -0.39 is 0 Å². The highest BCUT2D eigenvalue weighted by Gasteiger charge is 2.09. The summed E-state index contributed by atoms with van der Waals surface area (Å²) in [4.78, 5) is 11.3. The van der Waals surface area contributed by atoms with E-state index in [2.05, 4.69) is 10.8 Å². The van der Waals surface area contributed by atoms with Crippen LogP contribution in [0.15, 0.2) is 48.5 Å². The van der Waals surface area contributed by atoms with E-state index >= 15 is 0 Å². The van der Waals surface area contributed by atoms with Gasteiger partial charge in [0.15, 0.2) is 0 Å². The average molecular weight is 281 g/mol. The molecule has 0 heterocycles. The first-order chi connectivity index (χ1) is 10.2. The van der Waals surface area contributed by atoms with Crippen molar-refractivity contribution in [1.82, 2.24) is 0 Å².